The zero-order valence-electron chi connectivity index (χ0n) is 14.7. The first-order valence-corrected chi connectivity index (χ1v) is 9.76. The SMILES string of the molecule is COc1cccc([C@@H](NS(=O)(=O)c2ccc(C)cc2)c2ccccc2)c1. The number of sulfonamides is 1. The number of benzene rings is 3. The Morgan fingerprint density at radius 1 is 0.846 bits per heavy atom. The lowest BCUT2D eigenvalue weighted by Crippen LogP contribution is -2.29. The fraction of sp³-hybridized carbons (Fsp3) is 0.143. The van der Waals surface area contributed by atoms with E-state index in [2.05, 4.69) is 4.72 Å². The van der Waals surface area contributed by atoms with Crippen LogP contribution < -0.4 is 9.46 Å². The standard InChI is InChI=1S/C21H21NO3S/c1-16-11-13-20(14-12-16)26(23,24)22-21(17-7-4-3-5-8-17)18-9-6-10-19(15-18)25-2/h3-15,21-22H,1-2H3/t21-/m0/s1. The number of aryl methyl sites for hydroxylation is 1. The van der Waals surface area contributed by atoms with E-state index in [0.29, 0.717) is 5.75 Å². The number of rotatable bonds is 6. The lowest BCUT2D eigenvalue weighted by Gasteiger charge is -2.20. The van der Waals surface area contributed by atoms with Crippen LogP contribution in [0.15, 0.2) is 83.8 Å². The molecular weight excluding hydrogens is 346 g/mol. The molecule has 0 aliphatic rings. The van der Waals surface area contributed by atoms with Crippen LogP contribution in [0.2, 0.25) is 0 Å². The van der Waals surface area contributed by atoms with E-state index in [1.165, 1.54) is 0 Å². The van der Waals surface area contributed by atoms with Crippen LogP contribution in [-0.2, 0) is 10.0 Å². The van der Waals surface area contributed by atoms with E-state index in [9.17, 15) is 8.42 Å². The van der Waals surface area contributed by atoms with E-state index < -0.39 is 16.1 Å². The summed E-state index contributed by atoms with van der Waals surface area (Å²) in [6.45, 7) is 1.92. The summed E-state index contributed by atoms with van der Waals surface area (Å²) in [5.74, 6) is 0.679. The molecule has 3 aromatic rings. The van der Waals surface area contributed by atoms with Gasteiger partial charge < -0.3 is 4.74 Å². The van der Waals surface area contributed by atoms with Crippen LogP contribution in [0.3, 0.4) is 0 Å². The van der Waals surface area contributed by atoms with Crippen molar-refractivity contribution in [1.29, 1.82) is 0 Å². The van der Waals surface area contributed by atoms with Crippen LogP contribution in [0.25, 0.3) is 0 Å². The van der Waals surface area contributed by atoms with Gasteiger partial charge in [-0.1, -0.05) is 60.2 Å². The molecule has 0 amide bonds. The normalized spacial score (nSPS) is 12.5. The second-order valence-corrected chi connectivity index (χ2v) is 7.77. The summed E-state index contributed by atoms with van der Waals surface area (Å²) < 4.78 is 33.9. The molecule has 0 aliphatic heterocycles. The molecule has 26 heavy (non-hydrogen) atoms. The highest BCUT2D eigenvalue weighted by atomic mass is 32.2. The molecule has 0 fully saturated rings. The van der Waals surface area contributed by atoms with E-state index in [4.69, 9.17) is 4.74 Å². The Balaban J connectivity index is 2.02. The van der Waals surface area contributed by atoms with E-state index in [1.54, 1.807) is 31.4 Å². The van der Waals surface area contributed by atoms with Gasteiger partial charge in [-0.2, -0.15) is 4.72 Å². The molecule has 0 heterocycles. The van der Waals surface area contributed by atoms with Gasteiger partial charge in [0.05, 0.1) is 18.0 Å². The molecule has 3 rings (SSSR count). The van der Waals surface area contributed by atoms with E-state index in [1.807, 2.05) is 61.5 Å². The van der Waals surface area contributed by atoms with Crippen molar-refractivity contribution in [3.05, 3.63) is 95.6 Å². The number of nitrogens with one attached hydrogen (secondary N) is 1. The van der Waals surface area contributed by atoms with Crippen LogP contribution in [0.4, 0.5) is 0 Å². The molecule has 0 radical (unpaired) electrons. The zero-order valence-corrected chi connectivity index (χ0v) is 15.5. The number of methoxy groups -OCH3 is 1. The van der Waals surface area contributed by atoms with Gasteiger partial charge in [0, 0.05) is 0 Å². The average molecular weight is 367 g/mol. The molecule has 0 saturated carbocycles. The molecule has 0 spiro atoms. The van der Waals surface area contributed by atoms with Crippen molar-refractivity contribution >= 4 is 10.0 Å². The van der Waals surface area contributed by atoms with Crippen LogP contribution in [-0.4, -0.2) is 15.5 Å². The van der Waals surface area contributed by atoms with Gasteiger partial charge in [-0.05, 0) is 42.3 Å². The van der Waals surface area contributed by atoms with Crippen molar-refractivity contribution in [3.63, 3.8) is 0 Å². The average Bonchev–Trinajstić information content (AvgIpc) is 2.67. The van der Waals surface area contributed by atoms with Gasteiger partial charge in [0.1, 0.15) is 5.75 Å². The first kappa shape index (κ1) is 18.2. The van der Waals surface area contributed by atoms with Crippen molar-refractivity contribution in [2.45, 2.75) is 17.9 Å². The minimum absolute atomic E-state index is 0.243. The molecule has 0 saturated heterocycles. The van der Waals surface area contributed by atoms with Crippen molar-refractivity contribution < 1.29 is 13.2 Å². The highest BCUT2D eigenvalue weighted by Crippen LogP contribution is 2.27. The zero-order chi connectivity index (χ0) is 18.6. The Morgan fingerprint density at radius 2 is 1.50 bits per heavy atom. The molecule has 0 bridgehead atoms. The van der Waals surface area contributed by atoms with Gasteiger partial charge in [-0.15, -0.1) is 0 Å². The Morgan fingerprint density at radius 3 is 2.15 bits per heavy atom. The summed E-state index contributed by atoms with van der Waals surface area (Å²) in [5.41, 5.74) is 2.68. The highest BCUT2D eigenvalue weighted by molar-refractivity contribution is 7.89. The second kappa shape index (κ2) is 7.72. The van der Waals surface area contributed by atoms with Gasteiger partial charge >= 0.3 is 0 Å². The second-order valence-electron chi connectivity index (χ2n) is 6.05. The third-order valence-electron chi connectivity index (χ3n) is 4.16. The molecule has 134 valence electrons. The minimum Gasteiger partial charge on any atom is -0.497 e. The van der Waals surface area contributed by atoms with Crippen LogP contribution in [0.1, 0.15) is 22.7 Å². The summed E-state index contributed by atoms with van der Waals surface area (Å²) in [6, 6.07) is 23.2. The molecule has 1 N–H and O–H groups in total. The Labute approximate surface area is 154 Å². The summed E-state index contributed by atoms with van der Waals surface area (Å²) in [7, 11) is -2.09. The van der Waals surface area contributed by atoms with Crippen LogP contribution >= 0.6 is 0 Å². The molecular formula is C21H21NO3S. The Kier molecular flexibility index (Phi) is 5.40. The third kappa shape index (κ3) is 4.12. The van der Waals surface area contributed by atoms with Gasteiger partial charge in [-0.3, -0.25) is 0 Å². The first-order valence-electron chi connectivity index (χ1n) is 8.27. The van der Waals surface area contributed by atoms with Gasteiger partial charge in [0.2, 0.25) is 10.0 Å². The molecule has 1 atom stereocenters. The molecule has 0 unspecified atom stereocenters. The van der Waals surface area contributed by atoms with Gasteiger partial charge in [-0.25, -0.2) is 8.42 Å². The van der Waals surface area contributed by atoms with Crippen molar-refractivity contribution in [1.82, 2.24) is 4.72 Å². The predicted molar refractivity (Wildman–Crippen MR) is 103 cm³/mol. The van der Waals surface area contributed by atoms with Crippen molar-refractivity contribution in [2.75, 3.05) is 7.11 Å². The lowest BCUT2D eigenvalue weighted by molar-refractivity contribution is 0.414. The summed E-state index contributed by atoms with van der Waals surface area (Å²) in [4.78, 5) is 0.243. The fourth-order valence-corrected chi connectivity index (χ4v) is 3.95. The largest absolute Gasteiger partial charge is 0.497 e. The van der Waals surface area contributed by atoms with Crippen LogP contribution in [0.5, 0.6) is 5.75 Å². The monoisotopic (exact) mass is 367 g/mol. The number of hydrogen-bond acceptors (Lipinski definition) is 3. The molecule has 0 aliphatic carbocycles. The molecule has 4 nitrogen and oxygen atoms in total. The van der Waals surface area contributed by atoms with Gasteiger partial charge in [0.15, 0.2) is 0 Å². The first-order chi connectivity index (χ1) is 12.5. The van der Waals surface area contributed by atoms with E-state index in [0.717, 1.165) is 16.7 Å². The topological polar surface area (TPSA) is 55.4 Å². The van der Waals surface area contributed by atoms with Crippen LogP contribution in [0, 0.1) is 6.92 Å². The smallest absolute Gasteiger partial charge is 0.241 e. The summed E-state index contributed by atoms with van der Waals surface area (Å²) in [6.07, 6.45) is 0. The highest BCUT2D eigenvalue weighted by Gasteiger charge is 2.23. The number of hydrogen-bond donors (Lipinski definition) is 1. The van der Waals surface area contributed by atoms with E-state index >= 15 is 0 Å². The van der Waals surface area contributed by atoms with E-state index in [-0.39, 0.29) is 4.90 Å². The lowest BCUT2D eigenvalue weighted by atomic mass is 9.99. The molecule has 5 heteroatoms. The molecule has 0 aromatic heterocycles. The Hall–Kier alpha value is -2.63. The van der Waals surface area contributed by atoms with Gasteiger partial charge in [0.25, 0.3) is 0 Å². The predicted octanol–water partition coefficient (Wildman–Crippen LogP) is 4.07. The number of ether oxygens (including phenoxy) is 1. The Bertz CT molecular complexity index is 968. The minimum atomic E-state index is -3.68. The maximum atomic E-state index is 12.9. The maximum absolute atomic E-state index is 12.9. The van der Waals surface area contributed by atoms with Crippen molar-refractivity contribution in [3.8, 4) is 5.75 Å². The summed E-state index contributed by atoms with van der Waals surface area (Å²) in [5, 5.41) is 0. The van der Waals surface area contributed by atoms with Crippen molar-refractivity contribution in [2.24, 2.45) is 0 Å². The summed E-state index contributed by atoms with van der Waals surface area (Å²) >= 11 is 0. The third-order valence-corrected chi connectivity index (χ3v) is 5.60. The fourth-order valence-electron chi connectivity index (χ4n) is 2.74. The quantitative estimate of drug-likeness (QED) is 0.714. The molecule has 3 aromatic carbocycles. The maximum Gasteiger partial charge on any atom is 0.241 e.